The van der Waals surface area contributed by atoms with E-state index in [1.54, 1.807) is 37.3 Å². The van der Waals surface area contributed by atoms with Gasteiger partial charge in [0.25, 0.3) is 5.56 Å². The third-order valence-electron chi connectivity index (χ3n) is 4.48. The number of phosphoric acid groups is 1. The average Bonchev–Trinajstić information content (AvgIpc) is 3.17. The van der Waals surface area contributed by atoms with E-state index < -0.39 is 31.4 Å². The molecule has 0 saturated carbocycles. The lowest BCUT2D eigenvalue weighted by Gasteiger charge is -2.26. The van der Waals surface area contributed by atoms with Crippen molar-refractivity contribution in [3.63, 3.8) is 0 Å². The monoisotopic (exact) mass is 422 g/mol. The molecule has 29 heavy (non-hydrogen) atoms. The van der Waals surface area contributed by atoms with Crippen LogP contribution in [0.3, 0.4) is 0 Å². The number of fused-ring (bicyclic) bond motifs is 1. The lowest BCUT2D eigenvalue weighted by atomic mass is 10.2. The normalized spacial score (nSPS) is 25.4. The van der Waals surface area contributed by atoms with Gasteiger partial charge in [0.2, 0.25) is 0 Å². The Hall–Kier alpha value is -2.65. The number of H-pyrrole nitrogens is 1. The Bertz CT molecular complexity index is 1110. The average molecular weight is 422 g/mol. The van der Waals surface area contributed by atoms with E-state index in [0.29, 0.717) is 22.6 Å². The molecular weight excluding hydrogens is 403 g/mol. The van der Waals surface area contributed by atoms with Crippen LogP contribution in [0.25, 0.3) is 0 Å². The van der Waals surface area contributed by atoms with E-state index in [2.05, 4.69) is 4.98 Å². The first-order valence-electron chi connectivity index (χ1n) is 8.79. The third-order valence-corrected chi connectivity index (χ3v) is 5.80. The van der Waals surface area contributed by atoms with Crippen molar-refractivity contribution in [3.05, 3.63) is 68.5 Å². The number of benzene rings is 1. The molecule has 2 aromatic rings. The van der Waals surface area contributed by atoms with E-state index in [9.17, 15) is 14.2 Å². The van der Waals surface area contributed by atoms with Crippen LogP contribution in [-0.4, -0.2) is 29.4 Å². The van der Waals surface area contributed by atoms with Gasteiger partial charge in [-0.15, -0.1) is 0 Å². The number of nitrogens with zero attached hydrogens (tertiary/aromatic N) is 1. The van der Waals surface area contributed by atoms with Crippen LogP contribution in [0.1, 0.15) is 17.4 Å². The number of aryl methyl sites for hydroxylation is 1. The van der Waals surface area contributed by atoms with Crippen LogP contribution >= 0.6 is 7.82 Å². The van der Waals surface area contributed by atoms with Crippen LogP contribution < -0.4 is 20.5 Å². The second-order valence-corrected chi connectivity index (χ2v) is 8.08. The number of nitrogens with one attached hydrogen (secondary N) is 1. The summed E-state index contributed by atoms with van der Waals surface area (Å²) in [6.45, 7) is 1.52. The predicted molar refractivity (Wildman–Crippen MR) is 101 cm³/mol. The molecular formula is C18H19N2O8P. The highest BCUT2D eigenvalue weighted by Crippen LogP contribution is 2.56. The summed E-state index contributed by atoms with van der Waals surface area (Å²) in [5, 5.41) is 0. The van der Waals surface area contributed by atoms with E-state index in [1.807, 2.05) is 0 Å². The number of phosphoric ester groups is 1. The number of aromatic nitrogens is 2. The summed E-state index contributed by atoms with van der Waals surface area (Å²) in [5.74, 6) is 0.750. The molecule has 1 N–H and O–H groups in total. The zero-order valence-corrected chi connectivity index (χ0v) is 16.6. The van der Waals surface area contributed by atoms with Crippen LogP contribution in [-0.2, 0) is 25.0 Å². The molecule has 2 aliphatic rings. The number of para-hydroxylation sites is 1. The Morgan fingerprint density at radius 1 is 1.31 bits per heavy atom. The lowest BCUT2D eigenvalue weighted by molar-refractivity contribution is -0.0131. The summed E-state index contributed by atoms with van der Waals surface area (Å²) in [4.78, 5) is 25.7. The minimum atomic E-state index is -3.86. The number of methoxy groups -OCH3 is 1. The smallest absolute Gasteiger partial charge is 0.493 e. The van der Waals surface area contributed by atoms with Gasteiger partial charge in [0.05, 0.1) is 20.3 Å². The molecule has 0 fully saturated rings. The van der Waals surface area contributed by atoms with E-state index in [-0.39, 0.29) is 13.2 Å². The predicted octanol–water partition coefficient (Wildman–Crippen LogP) is 2.04. The van der Waals surface area contributed by atoms with E-state index in [0.717, 1.165) is 0 Å². The molecule has 0 saturated heterocycles. The molecule has 0 radical (unpaired) electrons. The number of ether oxygens (including phenoxy) is 2. The zero-order chi connectivity index (χ0) is 20.6. The maximum atomic E-state index is 12.8. The Balaban J connectivity index is 1.41. The SMILES string of the molecule is COc1cccc2c1O[P@](=O)(OC[C@@H]1C=C[C@H](n3cc(C)c(=O)[nH]c3=O)O1)OC2. The van der Waals surface area contributed by atoms with Crippen molar-refractivity contribution in [2.24, 2.45) is 0 Å². The van der Waals surface area contributed by atoms with Gasteiger partial charge in [0, 0.05) is 17.3 Å². The summed E-state index contributed by atoms with van der Waals surface area (Å²) in [6, 6.07) is 5.24. The van der Waals surface area contributed by atoms with Crippen molar-refractivity contribution in [3.8, 4) is 11.5 Å². The quantitative estimate of drug-likeness (QED) is 0.575. The number of hydrogen-bond donors (Lipinski definition) is 1. The van der Waals surface area contributed by atoms with Gasteiger partial charge in [-0.05, 0) is 19.1 Å². The standard InChI is InChI=1S/C18H19N2O8P/c1-11-8-20(18(22)19-17(11)21)15-7-6-13(27-15)10-26-29(23)25-9-12-4-3-5-14(24-2)16(12)28-29/h3-8,13,15H,9-10H2,1-2H3,(H,19,21,22)/t13-,15+,29-/m0/s1. The van der Waals surface area contributed by atoms with Gasteiger partial charge in [-0.1, -0.05) is 18.2 Å². The molecule has 0 spiro atoms. The molecule has 1 aromatic carbocycles. The summed E-state index contributed by atoms with van der Waals surface area (Å²) < 4.78 is 41.2. The topological polar surface area (TPSA) is 118 Å². The van der Waals surface area contributed by atoms with Gasteiger partial charge in [0.15, 0.2) is 17.7 Å². The Labute approximate surface area is 165 Å². The molecule has 2 aliphatic heterocycles. The van der Waals surface area contributed by atoms with Crippen molar-refractivity contribution < 1.29 is 27.6 Å². The molecule has 0 amide bonds. The van der Waals surface area contributed by atoms with E-state index >= 15 is 0 Å². The fourth-order valence-electron chi connectivity index (χ4n) is 2.97. The fourth-order valence-corrected chi connectivity index (χ4v) is 4.21. The summed E-state index contributed by atoms with van der Waals surface area (Å²) in [5.41, 5.74) is 0.0347. The molecule has 0 unspecified atom stereocenters. The van der Waals surface area contributed by atoms with Gasteiger partial charge in [-0.25, -0.2) is 9.36 Å². The Morgan fingerprint density at radius 2 is 2.14 bits per heavy atom. The summed E-state index contributed by atoms with van der Waals surface area (Å²) in [7, 11) is -2.38. The first-order chi connectivity index (χ1) is 13.9. The molecule has 0 aliphatic carbocycles. The van der Waals surface area contributed by atoms with Gasteiger partial charge < -0.3 is 14.0 Å². The van der Waals surface area contributed by atoms with Crippen LogP contribution in [0.15, 0.2) is 46.1 Å². The molecule has 10 nitrogen and oxygen atoms in total. The maximum Gasteiger partial charge on any atom is 0.530 e. The largest absolute Gasteiger partial charge is 0.530 e. The third kappa shape index (κ3) is 3.92. The van der Waals surface area contributed by atoms with Crippen molar-refractivity contribution in [2.75, 3.05) is 13.7 Å². The van der Waals surface area contributed by atoms with Crippen molar-refractivity contribution >= 4 is 7.82 Å². The molecule has 1 aromatic heterocycles. The van der Waals surface area contributed by atoms with Crippen LogP contribution in [0.2, 0.25) is 0 Å². The number of aromatic amines is 1. The highest BCUT2D eigenvalue weighted by molar-refractivity contribution is 7.49. The zero-order valence-electron chi connectivity index (χ0n) is 15.7. The minimum absolute atomic E-state index is 0.0554. The highest BCUT2D eigenvalue weighted by Gasteiger charge is 2.37. The molecule has 3 heterocycles. The first-order valence-corrected chi connectivity index (χ1v) is 10.2. The molecule has 154 valence electrons. The van der Waals surface area contributed by atoms with Crippen LogP contribution in [0.4, 0.5) is 0 Å². The summed E-state index contributed by atoms with van der Waals surface area (Å²) >= 11 is 0. The number of hydrogen-bond acceptors (Lipinski definition) is 8. The van der Waals surface area contributed by atoms with Gasteiger partial charge in [0.1, 0.15) is 6.10 Å². The van der Waals surface area contributed by atoms with Crippen LogP contribution in [0, 0.1) is 6.92 Å². The minimum Gasteiger partial charge on any atom is -0.493 e. The van der Waals surface area contributed by atoms with Gasteiger partial charge >= 0.3 is 13.5 Å². The first kappa shape index (κ1) is 19.7. The van der Waals surface area contributed by atoms with E-state index in [1.165, 1.54) is 17.9 Å². The Morgan fingerprint density at radius 3 is 2.93 bits per heavy atom. The highest BCUT2D eigenvalue weighted by atomic mass is 31.2. The molecule has 4 rings (SSSR count). The Kier molecular flexibility index (Phi) is 5.18. The lowest BCUT2D eigenvalue weighted by Crippen LogP contribution is -2.33. The second kappa shape index (κ2) is 7.64. The maximum absolute atomic E-state index is 12.8. The van der Waals surface area contributed by atoms with Gasteiger partial charge in [-0.3, -0.25) is 23.4 Å². The van der Waals surface area contributed by atoms with Crippen LogP contribution in [0.5, 0.6) is 11.5 Å². The fraction of sp³-hybridized carbons (Fsp3) is 0.333. The van der Waals surface area contributed by atoms with Crippen molar-refractivity contribution in [2.45, 2.75) is 25.9 Å². The molecule has 3 atom stereocenters. The number of rotatable bonds is 5. The van der Waals surface area contributed by atoms with E-state index in [4.69, 9.17) is 23.0 Å². The molecule has 0 bridgehead atoms. The van der Waals surface area contributed by atoms with Gasteiger partial charge in [-0.2, -0.15) is 0 Å². The van der Waals surface area contributed by atoms with Crippen molar-refractivity contribution in [1.29, 1.82) is 0 Å². The summed E-state index contributed by atoms with van der Waals surface area (Å²) in [6.07, 6.45) is 3.42. The second-order valence-electron chi connectivity index (χ2n) is 6.48. The van der Waals surface area contributed by atoms with Crippen molar-refractivity contribution in [1.82, 2.24) is 9.55 Å². The molecule has 11 heteroatoms.